The molecule has 1 aliphatic carbocycles. The van der Waals surface area contributed by atoms with Crippen LogP contribution in [0.5, 0.6) is 5.75 Å². The Hall–Kier alpha value is -2.26. The van der Waals surface area contributed by atoms with E-state index in [1.807, 2.05) is 13.1 Å². The summed E-state index contributed by atoms with van der Waals surface area (Å²) in [7, 11) is 3.76. The van der Waals surface area contributed by atoms with Gasteiger partial charge in [0.15, 0.2) is 0 Å². The van der Waals surface area contributed by atoms with E-state index in [4.69, 9.17) is 4.74 Å². The molecular weight excluding hydrogens is 272 g/mol. The Morgan fingerprint density at radius 3 is 2.64 bits per heavy atom. The molecule has 0 bridgehead atoms. The summed E-state index contributed by atoms with van der Waals surface area (Å²) in [5.74, 6) is 1.33. The number of nitrogens with one attached hydrogen (secondary N) is 2. The van der Waals surface area contributed by atoms with Crippen LogP contribution in [0, 0.1) is 0 Å². The maximum absolute atomic E-state index is 5.47. The zero-order valence-electron chi connectivity index (χ0n) is 12.9. The summed E-state index contributed by atoms with van der Waals surface area (Å²) in [5, 5.41) is 4.71. The van der Waals surface area contributed by atoms with Gasteiger partial charge in [-0.15, -0.1) is 0 Å². The molecule has 1 heterocycles. The van der Waals surface area contributed by atoms with E-state index in [2.05, 4.69) is 52.9 Å². The van der Waals surface area contributed by atoms with Gasteiger partial charge in [0.1, 0.15) is 5.75 Å². The van der Waals surface area contributed by atoms with Crippen LogP contribution >= 0.6 is 0 Å². The molecule has 22 heavy (non-hydrogen) atoms. The van der Waals surface area contributed by atoms with E-state index in [-0.39, 0.29) is 0 Å². The van der Waals surface area contributed by atoms with E-state index in [1.165, 1.54) is 22.1 Å². The number of rotatable bonds is 3. The van der Waals surface area contributed by atoms with E-state index in [9.17, 15) is 0 Å². The fraction of sp³-hybridized carbons (Fsp3) is 0.263. The fourth-order valence-corrected chi connectivity index (χ4v) is 3.81. The first-order valence-electron chi connectivity index (χ1n) is 7.73. The lowest BCUT2D eigenvalue weighted by molar-refractivity contribution is 0.419. The molecule has 0 saturated heterocycles. The maximum atomic E-state index is 5.47. The third kappa shape index (κ3) is 1.86. The topological polar surface area (TPSA) is 37.0 Å². The number of hydrogen-bond donors (Lipinski definition) is 2. The standard InChI is InChI=1S/C19H20N2O/c1-20-17-10-15(12-6-3-4-7-13(12)17)16-11-21-19-14(16)8-5-9-18(19)22-2/h3-9,11,15,17,20-21H,10H2,1-2H3/t15-,17+/m0/s1. The van der Waals surface area contributed by atoms with E-state index < -0.39 is 0 Å². The number of para-hydroxylation sites is 1. The maximum Gasteiger partial charge on any atom is 0.142 e. The Morgan fingerprint density at radius 2 is 1.86 bits per heavy atom. The molecule has 1 aliphatic rings. The molecule has 2 aromatic carbocycles. The van der Waals surface area contributed by atoms with Gasteiger partial charge in [0.2, 0.25) is 0 Å². The van der Waals surface area contributed by atoms with Gasteiger partial charge in [-0.05, 0) is 36.2 Å². The van der Waals surface area contributed by atoms with Crippen molar-refractivity contribution in [3.05, 3.63) is 65.4 Å². The second-order valence-corrected chi connectivity index (χ2v) is 5.89. The predicted octanol–water partition coefficient (Wildman–Crippen LogP) is 3.97. The zero-order valence-corrected chi connectivity index (χ0v) is 12.9. The van der Waals surface area contributed by atoms with Crippen molar-refractivity contribution in [2.75, 3.05) is 14.2 Å². The van der Waals surface area contributed by atoms with Crippen LogP contribution in [0.25, 0.3) is 10.9 Å². The summed E-state index contributed by atoms with van der Waals surface area (Å²) < 4.78 is 5.47. The van der Waals surface area contributed by atoms with Crippen molar-refractivity contribution in [2.45, 2.75) is 18.4 Å². The monoisotopic (exact) mass is 292 g/mol. The summed E-state index contributed by atoms with van der Waals surface area (Å²) in [6.07, 6.45) is 3.24. The van der Waals surface area contributed by atoms with Crippen LogP contribution < -0.4 is 10.1 Å². The number of methoxy groups -OCH3 is 1. The second-order valence-electron chi connectivity index (χ2n) is 5.89. The first-order valence-corrected chi connectivity index (χ1v) is 7.73. The third-order valence-electron chi connectivity index (χ3n) is 4.87. The molecule has 0 amide bonds. The van der Waals surface area contributed by atoms with E-state index in [0.29, 0.717) is 12.0 Å². The zero-order chi connectivity index (χ0) is 15.1. The van der Waals surface area contributed by atoms with Gasteiger partial charge < -0.3 is 15.0 Å². The molecule has 2 atom stereocenters. The number of aromatic amines is 1. The molecule has 3 heteroatoms. The number of benzene rings is 2. The van der Waals surface area contributed by atoms with Crippen molar-refractivity contribution in [3.63, 3.8) is 0 Å². The van der Waals surface area contributed by atoms with Crippen LogP contribution in [-0.2, 0) is 0 Å². The molecule has 0 radical (unpaired) electrons. The Kier molecular flexibility index (Phi) is 3.16. The van der Waals surface area contributed by atoms with Crippen LogP contribution in [-0.4, -0.2) is 19.1 Å². The van der Waals surface area contributed by atoms with Crippen molar-refractivity contribution < 1.29 is 4.74 Å². The SMILES string of the molecule is CN[C@@H]1C[C@H](c2c[nH]c3c(OC)cccc23)c2ccccc21. The van der Waals surface area contributed by atoms with Crippen LogP contribution in [0.3, 0.4) is 0 Å². The lowest BCUT2D eigenvalue weighted by Crippen LogP contribution is -2.13. The van der Waals surface area contributed by atoms with Gasteiger partial charge in [-0.3, -0.25) is 0 Å². The highest BCUT2D eigenvalue weighted by atomic mass is 16.5. The highest BCUT2D eigenvalue weighted by Gasteiger charge is 2.32. The van der Waals surface area contributed by atoms with Gasteiger partial charge in [0, 0.05) is 23.5 Å². The van der Waals surface area contributed by atoms with Crippen LogP contribution in [0.15, 0.2) is 48.7 Å². The molecule has 112 valence electrons. The Morgan fingerprint density at radius 1 is 1.05 bits per heavy atom. The molecule has 0 aliphatic heterocycles. The fourth-order valence-electron chi connectivity index (χ4n) is 3.81. The lowest BCUT2D eigenvalue weighted by atomic mass is 9.92. The van der Waals surface area contributed by atoms with Crippen molar-refractivity contribution in [2.24, 2.45) is 0 Å². The summed E-state index contributed by atoms with van der Waals surface area (Å²) in [6, 6.07) is 15.4. The highest BCUT2D eigenvalue weighted by Crippen LogP contribution is 2.46. The quantitative estimate of drug-likeness (QED) is 0.766. The second kappa shape index (κ2) is 5.18. The van der Waals surface area contributed by atoms with E-state index >= 15 is 0 Å². The largest absolute Gasteiger partial charge is 0.495 e. The van der Waals surface area contributed by atoms with Crippen molar-refractivity contribution in [1.82, 2.24) is 10.3 Å². The van der Waals surface area contributed by atoms with Gasteiger partial charge in [-0.25, -0.2) is 0 Å². The van der Waals surface area contributed by atoms with Gasteiger partial charge in [0.25, 0.3) is 0 Å². The molecule has 0 spiro atoms. The van der Waals surface area contributed by atoms with Crippen molar-refractivity contribution in [3.8, 4) is 5.75 Å². The molecule has 3 aromatic rings. The summed E-state index contributed by atoms with van der Waals surface area (Å²) >= 11 is 0. The number of aromatic nitrogens is 1. The van der Waals surface area contributed by atoms with Crippen molar-refractivity contribution in [1.29, 1.82) is 0 Å². The number of hydrogen-bond acceptors (Lipinski definition) is 2. The molecule has 4 rings (SSSR count). The summed E-state index contributed by atoms with van der Waals surface area (Å²) in [6.45, 7) is 0. The van der Waals surface area contributed by atoms with Crippen LogP contribution in [0.2, 0.25) is 0 Å². The third-order valence-corrected chi connectivity index (χ3v) is 4.87. The smallest absolute Gasteiger partial charge is 0.142 e. The summed E-state index contributed by atoms with van der Waals surface area (Å²) in [4.78, 5) is 3.40. The van der Waals surface area contributed by atoms with Gasteiger partial charge in [-0.1, -0.05) is 36.4 Å². The average molecular weight is 292 g/mol. The first-order chi connectivity index (χ1) is 10.8. The lowest BCUT2D eigenvalue weighted by Gasteiger charge is -2.11. The normalized spacial score (nSPS) is 20.3. The minimum atomic E-state index is 0.425. The number of ether oxygens (including phenoxy) is 1. The van der Waals surface area contributed by atoms with Crippen LogP contribution in [0.4, 0.5) is 0 Å². The molecule has 0 fully saturated rings. The van der Waals surface area contributed by atoms with Gasteiger partial charge >= 0.3 is 0 Å². The molecule has 0 unspecified atom stereocenters. The Balaban J connectivity index is 1.87. The number of H-pyrrole nitrogens is 1. The Bertz CT molecular complexity index is 821. The van der Waals surface area contributed by atoms with E-state index in [1.54, 1.807) is 7.11 Å². The van der Waals surface area contributed by atoms with Crippen LogP contribution in [0.1, 0.15) is 35.1 Å². The molecule has 0 saturated carbocycles. The first kappa shape index (κ1) is 13.4. The minimum absolute atomic E-state index is 0.425. The molecule has 2 N–H and O–H groups in total. The molecule has 1 aromatic heterocycles. The van der Waals surface area contributed by atoms with Gasteiger partial charge in [-0.2, -0.15) is 0 Å². The van der Waals surface area contributed by atoms with E-state index in [0.717, 1.165) is 17.7 Å². The van der Waals surface area contributed by atoms with Crippen molar-refractivity contribution >= 4 is 10.9 Å². The number of fused-ring (bicyclic) bond motifs is 2. The highest BCUT2D eigenvalue weighted by molar-refractivity contribution is 5.89. The predicted molar refractivity (Wildman–Crippen MR) is 89.6 cm³/mol. The summed E-state index contributed by atoms with van der Waals surface area (Å²) in [5.41, 5.74) is 5.31. The molecule has 3 nitrogen and oxygen atoms in total. The van der Waals surface area contributed by atoms with Gasteiger partial charge in [0.05, 0.1) is 12.6 Å². The minimum Gasteiger partial charge on any atom is -0.495 e. The Labute approximate surface area is 130 Å². The molecular formula is C19H20N2O. The average Bonchev–Trinajstić information content (AvgIpc) is 3.15.